The van der Waals surface area contributed by atoms with Gasteiger partial charge in [0.05, 0.1) is 19.4 Å². The van der Waals surface area contributed by atoms with E-state index in [9.17, 15) is 9.59 Å². The molecule has 2 heterocycles. The van der Waals surface area contributed by atoms with Crippen LogP contribution in [0.5, 0.6) is 0 Å². The van der Waals surface area contributed by atoms with E-state index in [1.54, 1.807) is 6.20 Å². The Morgan fingerprint density at radius 2 is 2.03 bits per heavy atom. The molecular formula is C18H23N9O2. The monoisotopic (exact) mass is 397 g/mol. The maximum absolute atomic E-state index is 12.7. The molecule has 0 aliphatic carbocycles. The highest BCUT2D eigenvalue weighted by Gasteiger charge is 2.22. The average Bonchev–Trinajstić information content (AvgIpc) is 3.42. The Labute approximate surface area is 167 Å². The Hall–Kier alpha value is -3.60. The molecule has 2 amide bonds. The van der Waals surface area contributed by atoms with Crippen molar-refractivity contribution in [2.45, 2.75) is 25.6 Å². The van der Waals surface area contributed by atoms with Crippen molar-refractivity contribution >= 4 is 11.8 Å². The molecule has 2 aromatic heterocycles. The van der Waals surface area contributed by atoms with Crippen molar-refractivity contribution in [2.24, 2.45) is 0 Å². The summed E-state index contributed by atoms with van der Waals surface area (Å²) in [6.07, 6.45) is 3.47. The molecule has 29 heavy (non-hydrogen) atoms. The largest absolute Gasteiger partial charge is 0.357 e. The highest BCUT2D eigenvalue weighted by molar-refractivity contribution is 5.88. The van der Waals surface area contributed by atoms with Gasteiger partial charge in [-0.3, -0.25) is 14.5 Å². The number of H-pyrrole nitrogens is 2. The van der Waals surface area contributed by atoms with Gasteiger partial charge in [0, 0.05) is 31.9 Å². The van der Waals surface area contributed by atoms with Gasteiger partial charge in [0.25, 0.3) is 0 Å². The molecule has 0 spiro atoms. The number of hydrogen-bond donors (Lipinski definition) is 4. The predicted octanol–water partition coefficient (Wildman–Crippen LogP) is -0.601. The van der Waals surface area contributed by atoms with Crippen LogP contribution in [0.25, 0.3) is 0 Å². The van der Waals surface area contributed by atoms with E-state index >= 15 is 0 Å². The first-order chi connectivity index (χ1) is 14.1. The van der Waals surface area contributed by atoms with Crippen LogP contribution in [0, 0.1) is 0 Å². The lowest BCUT2D eigenvalue weighted by molar-refractivity contribution is -0.129. The number of carbonyl (C=O) groups excluding carboxylic acids is 2. The summed E-state index contributed by atoms with van der Waals surface area (Å²) in [6, 6.07) is 9.06. The molecule has 1 unspecified atom stereocenters. The number of aromatic amines is 2. The highest BCUT2D eigenvalue weighted by atomic mass is 16.2. The summed E-state index contributed by atoms with van der Waals surface area (Å²) in [6.45, 7) is 0.928. The molecule has 3 aromatic rings. The van der Waals surface area contributed by atoms with Gasteiger partial charge in [-0.25, -0.2) is 4.98 Å². The topological polar surface area (TPSA) is 145 Å². The summed E-state index contributed by atoms with van der Waals surface area (Å²) in [5.74, 6) is -0.0766. The molecule has 11 heteroatoms. The highest BCUT2D eigenvalue weighted by Crippen LogP contribution is 2.07. The first-order valence-corrected chi connectivity index (χ1v) is 9.11. The fourth-order valence-corrected chi connectivity index (χ4v) is 2.90. The molecule has 1 aromatic carbocycles. The van der Waals surface area contributed by atoms with Crippen molar-refractivity contribution in [3.05, 3.63) is 59.9 Å². The molecule has 0 aliphatic rings. The lowest BCUT2D eigenvalue weighted by Crippen LogP contribution is -2.49. The number of imidazole rings is 1. The van der Waals surface area contributed by atoms with E-state index in [1.807, 2.05) is 35.2 Å². The predicted molar refractivity (Wildman–Crippen MR) is 103 cm³/mol. The van der Waals surface area contributed by atoms with Crippen molar-refractivity contribution in [3.63, 3.8) is 0 Å². The van der Waals surface area contributed by atoms with E-state index in [0.717, 1.165) is 11.3 Å². The maximum Gasteiger partial charge on any atom is 0.242 e. The number of carbonyl (C=O) groups is 2. The molecule has 11 nitrogen and oxygen atoms in total. The Balaban J connectivity index is 1.65. The Morgan fingerprint density at radius 1 is 1.21 bits per heavy atom. The van der Waals surface area contributed by atoms with Crippen molar-refractivity contribution in [1.82, 2.24) is 46.1 Å². The minimum Gasteiger partial charge on any atom is -0.357 e. The zero-order valence-corrected chi connectivity index (χ0v) is 16.0. The van der Waals surface area contributed by atoms with Crippen LogP contribution in [0.15, 0.2) is 42.9 Å². The lowest BCUT2D eigenvalue weighted by atomic mass is 10.1. The lowest BCUT2D eigenvalue weighted by Gasteiger charge is -2.22. The molecule has 0 aliphatic heterocycles. The van der Waals surface area contributed by atoms with Crippen LogP contribution in [0.4, 0.5) is 0 Å². The van der Waals surface area contributed by atoms with Gasteiger partial charge in [0.15, 0.2) is 5.82 Å². The molecule has 0 saturated carbocycles. The van der Waals surface area contributed by atoms with Gasteiger partial charge in [-0.05, 0) is 5.56 Å². The minimum atomic E-state index is -0.711. The zero-order chi connectivity index (χ0) is 20.5. The fourth-order valence-electron chi connectivity index (χ4n) is 2.90. The fraction of sp³-hybridized carbons (Fsp3) is 0.333. The van der Waals surface area contributed by atoms with Crippen LogP contribution < -0.4 is 10.6 Å². The van der Waals surface area contributed by atoms with Crippen molar-refractivity contribution < 1.29 is 9.59 Å². The van der Waals surface area contributed by atoms with Crippen molar-refractivity contribution in [1.29, 1.82) is 0 Å². The quantitative estimate of drug-likeness (QED) is 0.357. The SMILES string of the molecule is CNC(=O)C(Cc1cnc[nH]1)NC(=O)CN(Cc1ccccc1)Cc1nn[nH]n1. The molecule has 3 rings (SSSR count). The summed E-state index contributed by atoms with van der Waals surface area (Å²) >= 11 is 0. The Bertz CT molecular complexity index is 881. The molecule has 152 valence electrons. The third-order valence-corrected chi connectivity index (χ3v) is 4.25. The summed E-state index contributed by atoms with van der Waals surface area (Å²) in [7, 11) is 1.53. The number of likely N-dealkylation sites (N-methyl/N-ethyl adjacent to an activating group) is 1. The van der Waals surface area contributed by atoms with Crippen LogP contribution in [-0.2, 0) is 29.1 Å². The number of amides is 2. The van der Waals surface area contributed by atoms with E-state index in [4.69, 9.17) is 0 Å². The summed E-state index contributed by atoms with van der Waals surface area (Å²) in [4.78, 5) is 33.7. The van der Waals surface area contributed by atoms with Crippen LogP contribution in [0.1, 0.15) is 17.1 Å². The van der Waals surface area contributed by atoms with Crippen LogP contribution >= 0.6 is 0 Å². The Kier molecular flexibility index (Phi) is 7.00. The summed E-state index contributed by atoms with van der Waals surface area (Å²) in [5, 5.41) is 19.3. The van der Waals surface area contributed by atoms with Crippen molar-refractivity contribution in [2.75, 3.05) is 13.6 Å². The molecule has 1 atom stereocenters. The Morgan fingerprint density at radius 3 is 2.69 bits per heavy atom. The smallest absolute Gasteiger partial charge is 0.242 e. The van der Waals surface area contributed by atoms with Gasteiger partial charge in [-0.1, -0.05) is 35.5 Å². The zero-order valence-electron chi connectivity index (χ0n) is 16.0. The van der Waals surface area contributed by atoms with Crippen LogP contribution in [-0.4, -0.2) is 66.9 Å². The van der Waals surface area contributed by atoms with Gasteiger partial charge in [0.2, 0.25) is 11.8 Å². The van der Waals surface area contributed by atoms with Crippen LogP contribution in [0.3, 0.4) is 0 Å². The van der Waals surface area contributed by atoms with Gasteiger partial charge < -0.3 is 15.6 Å². The number of benzene rings is 1. The van der Waals surface area contributed by atoms with E-state index in [1.165, 1.54) is 13.4 Å². The third-order valence-electron chi connectivity index (χ3n) is 4.25. The molecule has 0 bridgehead atoms. The molecule has 0 radical (unpaired) electrons. The standard InChI is InChI=1S/C18H23N9O2/c1-19-18(29)15(7-14-8-20-12-21-14)22-17(28)11-27(10-16-23-25-26-24-16)9-13-5-3-2-4-6-13/h2-6,8,12,15H,7,9-11H2,1H3,(H,19,29)(H,20,21)(H,22,28)(H,23,24,25,26). The number of rotatable bonds is 10. The summed E-state index contributed by atoms with van der Waals surface area (Å²) in [5.41, 5.74) is 1.80. The van der Waals surface area contributed by atoms with Gasteiger partial charge >= 0.3 is 0 Å². The molecule has 0 saturated heterocycles. The molecule has 0 fully saturated rings. The van der Waals surface area contributed by atoms with E-state index in [0.29, 0.717) is 25.3 Å². The first-order valence-electron chi connectivity index (χ1n) is 9.11. The van der Waals surface area contributed by atoms with Gasteiger partial charge in [-0.2, -0.15) is 5.21 Å². The van der Waals surface area contributed by atoms with Crippen LogP contribution in [0.2, 0.25) is 0 Å². The number of tetrazole rings is 1. The second-order valence-electron chi connectivity index (χ2n) is 6.47. The maximum atomic E-state index is 12.7. The number of nitrogens with one attached hydrogen (secondary N) is 4. The molecular weight excluding hydrogens is 374 g/mol. The summed E-state index contributed by atoms with van der Waals surface area (Å²) < 4.78 is 0. The number of nitrogens with zero attached hydrogens (tertiary/aromatic N) is 5. The van der Waals surface area contributed by atoms with E-state index in [-0.39, 0.29) is 18.4 Å². The second kappa shape index (κ2) is 10.1. The number of hydrogen-bond acceptors (Lipinski definition) is 7. The van der Waals surface area contributed by atoms with E-state index < -0.39 is 6.04 Å². The molecule has 4 N–H and O–H groups in total. The number of aromatic nitrogens is 6. The van der Waals surface area contributed by atoms with Gasteiger partial charge in [0.1, 0.15) is 6.04 Å². The normalized spacial score (nSPS) is 11.9. The third kappa shape index (κ3) is 6.21. The van der Waals surface area contributed by atoms with Crippen molar-refractivity contribution in [3.8, 4) is 0 Å². The average molecular weight is 397 g/mol. The second-order valence-corrected chi connectivity index (χ2v) is 6.47. The first kappa shape index (κ1) is 20.1. The van der Waals surface area contributed by atoms with E-state index in [2.05, 4.69) is 41.2 Å². The minimum absolute atomic E-state index is 0.0693. The van der Waals surface area contributed by atoms with Gasteiger partial charge in [-0.15, -0.1) is 10.2 Å².